The number of nitrogens with zero attached hydrogens (tertiary/aromatic N) is 1. The summed E-state index contributed by atoms with van der Waals surface area (Å²) in [5, 5.41) is 25.8. The number of phenols is 1. The molecule has 0 spiro atoms. The highest BCUT2D eigenvalue weighted by molar-refractivity contribution is 6.31. The number of carbonyl (C=O) groups is 5. The number of oxime groups is 1. The molecule has 180 valence electrons. The van der Waals surface area contributed by atoms with Gasteiger partial charge < -0.3 is 15.1 Å². The maximum atomic E-state index is 13.5. The van der Waals surface area contributed by atoms with Gasteiger partial charge in [0.15, 0.2) is 28.7 Å². The fraction of sp³-hybridized carbons (Fsp3) is 0.520. The van der Waals surface area contributed by atoms with Crippen LogP contribution < -0.4 is 0 Å². The van der Waals surface area contributed by atoms with Gasteiger partial charge in [-0.25, -0.2) is 0 Å². The van der Waals surface area contributed by atoms with Crippen molar-refractivity contribution >= 4 is 34.6 Å². The number of fused-ring (bicyclic) bond motifs is 3. The van der Waals surface area contributed by atoms with Crippen molar-refractivity contribution in [1.82, 2.24) is 0 Å². The molecule has 0 saturated heterocycles. The fourth-order valence-corrected chi connectivity index (χ4v) is 5.66. The highest BCUT2D eigenvalue weighted by atomic mass is 16.6. The monoisotopic (exact) mass is 469 g/mol. The molecule has 5 atom stereocenters. The van der Waals surface area contributed by atoms with E-state index in [0.717, 1.165) is 6.92 Å². The number of carbonyl (C=O) groups excluding carboxylic acids is 5. The number of phenolic OH excluding ortho intramolecular Hbond substituents is 1. The van der Waals surface area contributed by atoms with E-state index < -0.39 is 58.2 Å². The van der Waals surface area contributed by atoms with Crippen molar-refractivity contribution in [3.05, 3.63) is 28.8 Å². The summed E-state index contributed by atoms with van der Waals surface area (Å²) in [6, 6.07) is 2.96. The first-order valence-electron chi connectivity index (χ1n) is 11.3. The molecule has 2 saturated carbocycles. The van der Waals surface area contributed by atoms with Gasteiger partial charge in [-0.1, -0.05) is 5.16 Å². The predicted octanol–water partition coefficient (Wildman–Crippen LogP) is 1.58. The largest absolute Gasteiger partial charge is 0.507 e. The van der Waals surface area contributed by atoms with Crippen LogP contribution in [0.2, 0.25) is 0 Å². The van der Waals surface area contributed by atoms with Gasteiger partial charge in [0.05, 0.1) is 17.2 Å². The minimum Gasteiger partial charge on any atom is -0.507 e. The van der Waals surface area contributed by atoms with Crippen LogP contribution in [-0.4, -0.2) is 56.5 Å². The molecule has 3 aliphatic rings. The number of aromatic hydroxyl groups is 1. The Morgan fingerprint density at radius 3 is 2.41 bits per heavy atom. The Labute approximate surface area is 196 Å². The first-order chi connectivity index (χ1) is 15.9. The molecule has 9 nitrogen and oxygen atoms in total. The molecule has 1 aromatic rings. The Kier molecular flexibility index (Phi) is 5.80. The van der Waals surface area contributed by atoms with Gasteiger partial charge in [0.25, 0.3) is 0 Å². The highest BCUT2D eigenvalue weighted by Crippen LogP contribution is 2.50. The molecule has 4 rings (SSSR count). The molecule has 0 bridgehead atoms. The van der Waals surface area contributed by atoms with Gasteiger partial charge in [-0.15, -0.1) is 0 Å². The van der Waals surface area contributed by atoms with Crippen molar-refractivity contribution < 1.29 is 39.0 Å². The van der Waals surface area contributed by atoms with E-state index in [2.05, 4.69) is 5.16 Å². The topological polar surface area (TPSA) is 147 Å². The summed E-state index contributed by atoms with van der Waals surface area (Å²) in [6.07, 6.45) is -0.171. The van der Waals surface area contributed by atoms with Crippen LogP contribution in [0, 0.1) is 23.7 Å². The quantitative estimate of drug-likeness (QED) is 0.384. The van der Waals surface area contributed by atoms with Crippen LogP contribution in [0.3, 0.4) is 0 Å². The lowest BCUT2D eigenvalue weighted by Gasteiger charge is -2.48. The van der Waals surface area contributed by atoms with Crippen molar-refractivity contribution in [2.45, 2.75) is 58.7 Å². The number of Topliss-reactive ketones (excluding diaryl/α,β-unsaturated/α-hetero) is 5. The van der Waals surface area contributed by atoms with E-state index in [-0.39, 0.29) is 36.7 Å². The number of benzene rings is 1. The zero-order valence-corrected chi connectivity index (χ0v) is 19.5. The van der Waals surface area contributed by atoms with Crippen LogP contribution in [0.25, 0.3) is 0 Å². The van der Waals surface area contributed by atoms with E-state index in [1.807, 2.05) is 13.8 Å². The third-order valence-electron chi connectivity index (χ3n) is 7.20. The summed E-state index contributed by atoms with van der Waals surface area (Å²) in [6.45, 7) is 6.40. The summed E-state index contributed by atoms with van der Waals surface area (Å²) in [4.78, 5) is 69.7. The summed E-state index contributed by atoms with van der Waals surface area (Å²) in [5.74, 6) is -9.14. The number of hydrogen-bond donors (Lipinski definition) is 2. The molecule has 9 heteroatoms. The first-order valence-corrected chi connectivity index (χ1v) is 11.3. The molecule has 0 aliphatic heterocycles. The van der Waals surface area contributed by atoms with Gasteiger partial charge in [-0.05, 0) is 64.2 Å². The van der Waals surface area contributed by atoms with Crippen LogP contribution >= 0.6 is 0 Å². The Hall–Kier alpha value is -3.20. The standard InChI is InChI=1S/C25H27NO8/c1-10(2)34-26-11(3)15-5-6-17(28)21-16(15)8-13-7-14-9-18(29)19(12(4)27)23(31)25(14,33)24(32)20(13)22(21)30/h5-6,10,13-14,19-20,28,33H,7-9H2,1-4H3/t13?,14?,19?,20?,25-/m1/s1. The third kappa shape index (κ3) is 3.41. The normalized spacial score (nSPS) is 31.2. The molecule has 2 fully saturated rings. The second kappa shape index (κ2) is 8.23. The van der Waals surface area contributed by atoms with E-state index in [9.17, 15) is 34.2 Å². The van der Waals surface area contributed by atoms with Crippen molar-refractivity contribution in [2.24, 2.45) is 28.8 Å². The van der Waals surface area contributed by atoms with E-state index in [1.54, 1.807) is 13.0 Å². The maximum Gasteiger partial charge on any atom is 0.190 e. The molecule has 4 unspecified atom stereocenters. The number of ketones is 5. The maximum absolute atomic E-state index is 13.5. The van der Waals surface area contributed by atoms with Crippen LogP contribution in [0.4, 0.5) is 0 Å². The number of rotatable bonds is 4. The Bertz CT molecular complexity index is 1170. The summed E-state index contributed by atoms with van der Waals surface area (Å²) in [5.41, 5.74) is -1.04. The Balaban J connectivity index is 1.79. The van der Waals surface area contributed by atoms with E-state index in [1.165, 1.54) is 6.07 Å². The van der Waals surface area contributed by atoms with Crippen molar-refractivity contribution in [3.63, 3.8) is 0 Å². The SMILES string of the molecule is CC(=O)C1C(=O)CC2CC3Cc4c(C(C)=NOC(C)C)ccc(O)c4C(=O)C3C(=O)[C@]2(O)C1=O. The van der Waals surface area contributed by atoms with Crippen molar-refractivity contribution in [3.8, 4) is 5.75 Å². The molecule has 2 N–H and O–H groups in total. The van der Waals surface area contributed by atoms with Gasteiger partial charge >= 0.3 is 0 Å². The van der Waals surface area contributed by atoms with E-state index >= 15 is 0 Å². The second-order valence-electron chi connectivity index (χ2n) is 9.76. The Morgan fingerprint density at radius 2 is 1.79 bits per heavy atom. The minimum atomic E-state index is -2.58. The molecule has 1 aromatic carbocycles. The van der Waals surface area contributed by atoms with Gasteiger partial charge in [-0.3, -0.25) is 24.0 Å². The molecule has 34 heavy (non-hydrogen) atoms. The average Bonchev–Trinajstić information content (AvgIpc) is 2.74. The predicted molar refractivity (Wildman–Crippen MR) is 118 cm³/mol. The highest BCUT2D eigenvalue weighted by Gasteiger charge is 2.65. The lowest BCUT2D eigenvalue weighted by molar-refractivity contribution is -0.175. The first kappa shape index (κ1) is 23.9. The van der Waals surface area contributed by atoms with Gasteiger partial charge in [-0.2, -0.15) is 0 Å². The van der Waals surface area contributed by atoms with Gasteiger partial charge in [0.1, 0.15) is 23.6 Å². The van der Waals surface area contributed by atoms with E-state index in [0.29, 0.717) is 16.8 Å². The Morgan fingerprint density at radius 1 is 1.12 bits per heavy atom. The van der Waals surface area contributed by atoms with Crippen molar-refractivity contribution in [2.75, 3.05) is 0 Å². The number of aliphatic hydroxyl groups is 1. The molecular weight excluding hydrogens is 442 g/mol. The van der Waals surface area contributed by atoms with Crippen LogP contribution in [0.15, 0.2) is 17.3 Å². The average molecular weight is 469 g/mol. The van der Waals surface area contributed by atoms with Crippen LogP contribution in [0.5, 0.6) is 5.75 Å². The molecule has 0 amide bonds. The zero-order chi connectivity index (χ0) is 25.1. The molecule has 3 aliphatic carbocycles. The smallest absolute Gasteiger partial charge is 0.190 e. The number of hydrogen-bond acceptors (Lipinski definition) is 9. The molecular formula is C25H27NO8. The fourth-order valence-electron chi connectivity index (χ4n) is 5.66. The van der Waals surface area contributed by atoms with E-state index in [4.69, 9.17) is 4.84 Å². The minimum absolute atomic E-state index is 0.0456. The van der Waals surface area contributed by atoms with Crippen LogP contribution in [0.1, 0.15) is 62.0 Å². The summed E-state index contributed by atoms with van der Waals surface area (Å²) >= 11 is 0. The van der Waals surface area contributed by atoms with Crippen molar-refractivity contribution in [1.29, 1.82) is 0 Å². The van der Waals surface area contributed by atoms with Crippen LogP contribution in [-0.2, 0) is 30.4 Å². The lowest BCUT2D eigenvalue weighted by Crippen LogP contribution is -2.67. The van der Waals surface area contributed by atoms with Gasteiger partial charge in [0, 0.05) is 17.9 Å². The van der Waals surface area contributed by atoms with Gasteiger partial charge in [0.2, 0.25) is 0 Å². The molecule has 0 aromatic heterocycles. The third-order valence-corrected chi connectivity index (χ3v) is 7.20. The molecule has 0 radical (unpaired) electrons. The molecule has 0 heterocycles. The lowest BCUT2D eigenvalue weighted by atomic mass is 9.53. The zero-order valence-electron chi connectivity index (χ0n) is 19.5. The second-order valence-corrected chi connectivity index (χ2v) is 9.76. The summed E-state index contributed by atoms with van der Waals surface area (Å²) < 4.78 is 0. The summed E-state index contributed by atoms with van der Waals surface area (Å²) in [7, 11) is 0.